The Labute approximate surface area is 83.5 Å². The predicted molar refractivity (Wildman–Crippen MR) is 49.7 cm³/mol. The molecule has 4 heteroatoms. The summed E-state index contributed by atoms with van der Waals surface area (Å²) in [7, 11) is 0. The van der Waals surface area contributed by atoms with Crippen molar-refractivity contribution in [3.05, 3.63) is 33.8 Å². The summed E-state index contributed by atoms with van der Waals surface area (Å²) >= 11 is 3.04. The number of alkyl halides is 2. The molecule has 1 atom stereocenters. The molecule has 1 N–H and O–H groups in total. The largest absolute Gasteiger partial charge is 0.389 e. The Kier molecular flexibility index (Phi) is 3.39. The van der Waals surface area contributed by atoms with Gasteiger partial charge in [-0.15, -0.1) is 0 Å². The molecule has 0 aliphatic rings. The van der Waals surface area contributed by atoms with Crippen LogP contribution < -0.4 is 0 Å². The predicted octanol–water partition coefficient (Wildman–Crippen LogP) is 3.44. The Morgan fingerprint density at radius 3 is 2.31 bits per heavy atom. The van der Waals surface area contributed by atoms with Crippen molar-refractivity contribution in [3.63, 3.8) is 0 Å². The fourth-order valence-electron chi connectivity index (χ4n) is 1.06. The molecule has 0 aliphatic heterocycles. The van der Waals surface area contributed by atoms with Crippen molar-refractivity contribution in [2.75, 3.05) is 0 Å². The molecule has 0 aliphatic carbocycles. The number of rotatable bonds is 2. The molecular formula is C9H9BrF2O. The lowest BCUT2D eigenvalue weighted by molar-refractivity contribution is 0.149. The van der Waals surface area contributed by atoms with Gasteiger partial charge in [0.15, 0.2) is 0 Å². The van der Waals surface area contributed by atoms with Crippen molar-refractivity contribution in [1.29, 1.82) is 0 Å². The van der Waals surface area contributed by atoms with Gasteiger partial charge >= 0.3 is 0 Å². The molecule has 0 spiro atoms. The van der Waals surface area contributed by atoms with E-state index in [1.165, 1.54) is 19.1 Å². The van der Waals surface area contributed by atoms with Crippen molar-refractivity contribution in [2.24, 2.45) is 0 Å². The third kappa shape index (κ3) is 2.25. The van der Waals surface area contributed by atoms with Crippen LogP contribution in [0.3, 0.4) is 0 Å². The highest BCUT2D eigenvalue weighted by molar-refractivity contribution is 9.10. The molecule has 0 saturated carbocycles. The van der Waals surface area contributed by atoms with Gasteiger partial charge in [0.25, 0.3) is 6.43 Å². The van der Waals surface area contributed by atoms with E-state index in [0.29, 0.717) is 10.0 Å². The monoisotopic (exact) mass is 250 g/mol. The zero-order chi connectivity index (χ0) is 10.0. The standard InChI is InChI=1S/C9H9BrF2O/c1-5(13)6-3-2-4-7(8(6)10)9(11)12/h2-5,9,13H,1H3. The van der Waals surface area contributed by atoms with Gasteiger partial charge in [0.05, 0.1) is 6.10 Å². The minimum Gasteiger partial charge on any atom is -0.389 e. The highest BCUT2D eigenvalue weighted by Gasteiger charge is 2.15. The first kappa shape index (κ1) is 10.6. The lowest BCUT2D eigenvalue weighted by Gasteiger charge is -2.10. The van der Waals surface area contributed by atoms with Gasteiger partial charge in [-0.05, 0) is 28.4 Å². The number of hydrogen-bond acceptors (Lipinski definition) is 1. The maximum absolute atomic E-state index is 12.4. The molecule has 13 heavy (non-hydrogen) atoms. The van der Waals surface area contributed by atoms with Gasteiger partial charge in [-0.3, -0.25) is 0 Å². The first-order chi connectivity index (χ1) is 6.04. The molecular weight excluding hydrogens is 242 g/mol. The topological polar surface area (TPSA) is 20.2 Å². The summed E-state index contributed by atoms with van der Waals surface area (Å²) in [5, 5.41) is 9.24. The second kappa shape index (κ2) is 4.15. The van der Waals surface area contributed by atoms with Crippen LogP contribution in [-0.4, -0.2) is 5.11 Å². The molecule has 0 radical (unpaired) electrons. The summed E-state index contributed by atoms with van der Waals surface area (Å²) in [6, 6.07) is 4.45. The zero-order valence-corrected chi connectivity index (χ0v) is 8.55. The average molecular weight is 251 g/mol. The Hall–Kier alpha value is -0.480. The van der Waals surface area contributed by atoms with Crippen LogP contribution >= 0.6 is 15.9 Å². The maximum Gasteiger partial charge on any atom is 0.264 e. The van der Waals surface area contributed by atoms with Crippen LogP contribution in [0.5, 0.6) is 0 Å². The van der Waals surface area contributed by atoms with E-state index in [1.807, 2.05) is 0 Å². The molecule has 0 fully saturated rings. The first-order valence-corrected chi connectivity index (χ1v) is 4.58. The highest BCUT2D eigenvalue weighted by Crippen LogP contribution is 2.32. The summed E-state index contributed by atoms with van der Waals surface area (Å²) in [5.74, 6) is 0. The molecule has 0 heterocycles. The van der Waals surface area contributed by atoms with Gasteiger partial charge in [-0.25, -0.2) is 8.78 Å². The minimum atomic E-state index is -2.52. The van der Waals surface area contributed by atoms with E-state index < -0.39 is 12.5 Å². The molecule has 72 valence electrons. The highest BCUT2D eigenvalue weighted by atomic mass is 79.9. The lowest BCUT2D eigenvalue weighted by Crippen LogP contribution is -1.96. The number of benzene rings is 1. The first-order valence-electron chi connectivity index (χ1n) is 3.78. The van der Waals surface area contributed by atoms with E-state index in [4.69, 9.17) is 0 Å². The van der Waals surface area contributed by atoms with E-state index in [2.05, 4.69) is 15.9 Å². The van der Waals surface area contributed by atoms with Gasteiger partial charge in [-0.1, -0.05) is 18.2 Å². The van der Waals surface area contributed by atoms with E-state index in [1.54, 1.807) is 6.07 Å². The summed E-state index contributed by atoms with van der Waals surface area (Å²) in [6.07, 6.45) is -3.26. The van der Waals surface area contributed by atoms with E-state index in [9.17, 15) is 13.9 Å². The van der Waals surface area contributed by atoms with E-state index in [-0.39, 0.29) is 5.56 Å². The Balaban J connectivity index is 3.18. The van der Waals surface area contributed by atoms with Crippen LogP contribution in [0.4, 0.5) is 8.78 Å². The number of aliphatic hydroxyl groups excluding tert-OH is 1. The molecule has 0 amide bonds. The van der Waals surface area contributed by atoms with Crippen LogP contribution in [0.15, 0.2) is 22.7 Å². The fourth-order valence-corrected chi connectivity index (χ4v) is 1.83. The third-order valence-corrected chi connectivity index (χ3v) is 2.66. The summed E-state index contributed by atoms with van der Waals surface area (Å²) in [6.45, 7) is 1.54. The van der Waals surface area contributed by atoms with Gasteiger partial charge in [0.2, 0.25) is 0 Å². The normalized spacial score (nSPS) is 13.4. The summed E-state index contributed by atoms with van der Waals surface area (Å²) in [5.41, 5.74) is 0.399. The molecule has 1 aromatic rings. The Morgan fingerprint density at radius 1 is 1.31 bits per heavy atom. The van der Waals surface area contributed by atoms with Gasteiger partial charge in [0, 0.05) is 10.0 Å². The fraction of sp³-hybridized carbons (Fsp3) is 0.333. The molecule has 1 rings (SSSR count). The molecule has 1 aromatic carbocycles. The quantitative estimate of drug-likeness (QED) is 0.853. The summed E-state index contributed by atoms with van der Waals surface area (Å²) < 4.78 is 25.0. The minimum absolute atomic E-state index is 0.0848. The van der Waals surface area contributed by atoms with E-state index >= 15 is 0 Å². The Morgan fingerprint density at radius 2 is 1.85 bits per heavy atom. The molecule has 0 aromatic heterocycles. The zero-order valence-electron chi connectivity index (χ0n) is 6.97. The van der Waals surface area contributed by atoms with Crippen LogP contribution in [0, 0.1) is 0 Å². The number of aliphatic hydroxyl groups is 1. The Bertz CT molecular complexity index is 273. The van der Waals surface area contributed by atoms with Gasteiger partial charge in [-0.2, -0.15) is 0 Å². The average Bonchev–Trinajstić information content (AvgIpc) is 2.03. The molecule has 1 nitrogen and oxygen atoms in total. The van der Waals surface area contributed by atoms with Crippen molar-refractivity contribution in [1.82, 2.24) is 0 Å². The summed E-state index contributed by atoms with van der Waals surface area (Å²) in [4.78, 5) is 0. The smallest absolute Gasteiger partial charge is 0.264 e. The van der Waals surface area contributed by atoms with Gasteiger partial charge < -0.3 is 5.11 Å². The maximum atomic E-state index is 12.4. The van der Waals surface area contributed by atoms with E-state index in [0.717, 1.165) is 0 Å². The molecule has 0 bridgehead atoms. The SMILES string of the molecule is CC(O)c1cccc(C(F)F)c1Br. The molecule has 1 unspecified atom stereocenters. The van der Waals surface area contributed by atoms with Crippen LogP contribution in [0.25, 0.3) is 0 Å². The molecule has 0 saturated heterocycles. The van der Waals surface area contributed by atoms with Crippen molar-refractivity contribution in [3.8, 4) is 0 Å². The van der Waals surface area contributed by atoms with Crippen molar-refractivity contribution >= 4 is 15.9 Å². The van der Waals surface area contributed by atoms with Crippen LogP contribution in [0.1, 0.15) is 30.6 Å². The second-order valence-corrected chi connectivity index (χ2v) is 3.52. The van der Waals surface area contributed by atoms with Crippen molar-refractivity contribution in [2.45, 2.75) is 19.5 Å². The number of halogens is 3. The number of hydrogen-bond donors (Lipinski definition) is 1. The van der Waals surface area contributed by atoms with Crippen LogP contribution in [-0.2, 0) is 0 Å². The lowest BCUT2D eigenvalue weighted by atomic mass is 10.1. The third-order valence-electron chi connectivity index (χ3n) is 1.74. The van der Waals surface area contributed by atoms with Gasteiger partial charge in [0.1, 0.15) is 0 Å². The van der Waals surface area contributed by atoms with Crippen molar-refractivity contribution < 1.29 is 13.9 Å². The second-order valence-electron chi connectivity index (χ2n) is 2.73. The van der Waals surface area contributed by atoms with Crippen LogP contribution in [0.2, 0.25) is 0 Å².